The number of carbonyl (C=O) groups excluding carboxylic acids is 3. The maximum atomic E-state index is 14.8. The lowest BCUT2D eigenvalue weighted by Crippen LogP contribution is -2.47. The van der Waals surface area contributed by atoms with Crippen molar-refractivity contribution in [1.82, 2.24) is 5.32 Å². The largest absolute Gasteiger partial charge is 0.369 e. The van der Waals surface area contributed by atoms with E-state index in [2.05, 4.69) is 11.9 Å². The third kappa shape index (κ3) is 6.85. The van der Waals surface area contributed by atoms with E-state index in [0.29, 0.717) is 34.4 Å². The molecule has 1 unspecified atom stereocenters. The minimum absolute atomic E-state index is 0.251. The molecule has 240 valence electrons. The highest BCUT2D eigenvalue weighted by Gasteiger charge is 2.40. The number of benzene rings is 4. The molecule has 6 rings (SSSR count). The Bertz CT molecular complexity index is 1840. The van der Waals surface area contributed by atoms with Crippen LogP contribution in [0.15, 0.2) is 104 Å². The van der Waals surface area contributed by atoms with Crippen LogP contribution in [0.4, 0.5) is 5.69 Å². The van der Waals surface area contributed by atoms with E-state index >= 15 is 0 Å². The lowest BCUT2D eigenvalue weighted by molar-refractivity contribution is -0.136. The van der Waals surface area contributed by atoms with E-state index in [-0.39, 0.29) is 18.4 Å². The standard InChI is InChI=1S/C39H37Cl2N3O3/c1-2-9-32(37(42)45)33(21-24-10-7-11-24)38(46)43-36-31-16-4-3-14-29(31)30-15-5-6-17-35(30)44(39(36)47)23-25-12-8-13-26(20-25)28-19-18-27(40)22-34(28)41/h2-6,8,12-20,22,24,32-33,36H,1,7,9-11,21,23H2,(H2,42,45)(H,43,46)/t32-,33+,36?/m0/s1. The van der Waals surface area contributed by atoms with E-state index in [4.69, 9.17) is 28.9 Å². The summed E-state index contributed by atoms with van der Waals surface area (Å²) in [4.78, 5) is 43.3. The Balaban J connectivity index is 1.39. The number of primary amides is 1. The second-order valence-corrected chi connectivity index (χ2v) is 13.3. The molecule has 3 amide bonds. The molecule has 6 nitrogen and oxygen atoms in total. The first-order chi connectivity index (χ1) is 22.7. The lowest BCUT2D eigenvalue weighted by Gasteiger charge is -2.33. The van der Waals surface area contributed by atoms with E-state index in [0.717, 1.165) is 52.8 Å². The minimum atomic E-state index is -0.985. The number of para-hydroxylation sites is 1. The number of hydrogen-bond donors (Lipinski definition) is 2. The molecule has 3 N–H and O–H groups in total. The van der Waals surface area contributed by atoms with Crippen molar-refractivity contribution >= 4 is 46.6 Å². The van der Waals surface area contributed by atoms with Crippen LogP contribution < -0.4 is 16.0 Å². The smallest absolute Gasteiger partial charge is 0.254 e. The highest BCUT2D eigenvalue weighted by atomic mass is 35.5. The normalized spacial score (nSPS) is 17.0. The van der Waals surface area contributed by atoms with E-state index in [1.54, 1.807) is 23.1 Å². The first-order valence-electron chi connectivity index (χ1n) is 16.0. The summed E-state index contributed by atoms with van der Waals surface area (Å²) in [6.07, 6.45) is 5.59. The topological polar surface area (TPSA) is 92.5 Å². The number of rotatable bonds is 11. The van der Waals surface area contributed by atoms with Crippen LogP contribution in [0.5, 0.6) is 0 Å². The molecule has 2 aliphatic rings. The lowest BCUT2D eigenvalue weighted by atomic mass is 9.74. The van der Waals surface area contributed by atoms with Gasteiger partial charge in [-0.05, 0) is 65.3 Å². The fourth-order valence-electron chi connectivity index (χ4n) is 6.83. The van der Waals surface area contributed by atoms with Gasteiger partial charge in [0, 0.05) is 21.2 Å². The van der Waals surface area contributed by atoms with Gasteiger partial charge in [-0.2, -0.15) is 0 Å². The Morgan fingerprint density at radius 1 is 0.915 bits per heavy atom. The zero-order chi connectivity index (χ0) is 33.1. The van der Waals surface area contributed by atoms with Crippen LogP contribution in [0.25, 0.3) is 22.3 Å². The highest BCUT2D eigenvalue weighted by molar-refractivity contribution is 6.36. The summed E-state index contributed by atoms with van der Waals surface area (Å²) < 4.78 is 0. The number of allylic oxidation sites excluding steroid dienone is 1. The maximum absolute atomic E-state index is 14.8. The number of amides is 3. The molecule has 1 aliphatic heterocycles. The molecule has 0 spiro atoms. The second kappa shape index (κ2) is 14.2. The van der Waals surface area contributed by atoms with Gasteiger partial charge in [0.1, 0.15) is 6.04 Å². The Kier molecular flexibility index (Phi) is 9.81. The number of nitrogens with one attached hydrogen (secondary N) is 1. The van der Waals surface area contributed by atoms with Gasteiger partial charge >= 0.3 is 0 Å². The summed E-state index contributed by atoms with van der Waals surface area (Å²) in [7, 11) is 0. The third-order valence-corrected chi connectivity index (χ3v) is 10.0. The summed E-state index contributed by atoms with van der Waals surface area (Å²) in [5.41, 5.74) is 11.6. The zero-order valence-electron chi connectivity index (χ0n) is 26.0. The van der Waals surface area contributed by atoms with Gasteiger partial charge in [0.2, 0.25) is 11.8 Å². The van der Waals surface area contributed by atoms with Crippen LogP contribution in [0, 0.1) is 17.8 Å². The second-order valence-electron chi connectivity index (χ2n) is 12.5. The summed E-state index contributed by atoms with van der Waals surface area (Å²) >= 11 is 12.7. The Morgan fingerprint density at radius 2 is 1.66 bits per heavy atom. The Labute approximate surface area is 285 Å². The van der Waals surface area contributed by atoms with E-state index < -0.39 is 23.8 Å². The molecule has 1 aliphatic carbocycles. The van der Waals surface area contributed by atoms with Gasteiger partial charge in [-0.3, -0.25) is 14.4 Å². The molecule has 0 aromatic heterocycles. The van der Waals surface area contributed by atoms with Crippen LogP contribution in [-0.2, 0) is 20.9 Å². The van der Waals surface area contributed by atoms with Crippen molar-refractivity contribution in [3.63, 3.8) is 0 Å². The molecule has 0 bridgehead atoms. The molecular formula is C39H37Cl2N3O3. The van der Waals surface area contributed by atoms with Crippen molar-refractivity contribution < 1.29 is 14.4 Å². The van der Waals surface area contributed by atoms with E-state index in [9.17, 15) is 14.4 Å². The maximum Gasteiger partial charge on any atom is 0.254 e. The Hall–Kier alpha value is -4.39. The third-order valence-electron chi connectivity index (χ3n) is 9.49. The molecule has 0 saturated heterocycles. The van der Waals surface area contributed by atoms with Crippen molar-refractivity contribution in [1.29, 1.82) is 0 Å². The van der Waals surface area contributed by atoms with Gasteiger partial charge in [-0.1, -0.05) is 115 Å². The summed E-state index contributed by atoms with van der Waals surface area (Å²) in [6, 6.07) is 27.7. The molecule has 0 radical (unpaired) electrons. The number of nitrogens with zero attached hydrogens (tertiary/aromatic N) is 1. The van der Waals surface area contributed by atoms with Crippen molar-refractivity contribution in [2.75, 3.05) is 4.90 Å². The van der Waals surface area contributed by atoms with E-state index in [1.807, 2.05) is 78.9 Å². The average molecular weight is 667 g/mol. The van der Waals surface area contributed by atoms with Gasteiger partial charge in [-0.25, -0.2) is 0 Å². The Morgan fingerprint density at radius 3 is 2.36 bits per heavy atom. The molecule has 1 heterocycles. The van der Waals surface area contributed by atoms with Crippen LogP contribution in [-0.4, -0.2) is 17.7 Å². The average Bonchev–Trinajstić information content (AvgIpc) is 3.13. The molecule has 47 heavy (non-hydrogen) atoms. The highest BCUT2D eigenvalue weighted by Crippen LogP contribution is 2.42. The molecule has 1 saturated carbocycles. The summed E-state index contributed by atoms with van der Waals surface area (Å²) in [5.74, 6) is -2.19. The number of fused-ring (bicyclic) bond motifs is 3. The molecule has 3 atom stereocenters. The van der Waals surface area contributed by atoms with Crippen LogP contribution in [0.3, 0.4) is 0 Å². The van der Waals surface area contributed by atoms with Crippen molar-refractivity contribution in [3.8, 4) is 22.3 Å². The van der Waals surface area contributed by atoms with E-state index in [1.165, 1.54) is 0 Å². The first-order valence-corrected chi connectivity index (χ1v) is 16.8. The molecule has 1 fully saturated rings. The number of halogens is 2. The fraction of sp³-hybridized carbons (Fsp3) is 0.256. The number of nitrogens with two attached hydrogens (primary N) is 1. The molecule has 4 aromatic rings. The van der Waals surface area contributed by atoms with Gasteiger partial charge in [0.15, 0.2) is 0 Å². The monoisotopic (exact) mass is 665 g/mol. The predicted octanol–water partition coefficient (Wildman–Crippen LogP) is 8.52. The number of anilines is 1. The van der Waals surface area contributed by atoms with Crippen LogP contribution in [0.2, 0.25) is 10.0 Å². The SMILES string of the molecule is C=CC[C@H](C(N)=O)[C@@H](CC1CCC1)C(=O)NC1C(=O)N(Cc2cccc(-c3ccc(Cl)cc3Cl)c2)c2ccccc2-c2ccccc21. The van der Waals surface area contributed by atoms with Crippen LogP contribution in [0.1, 0.15) is 49.3 Å². The summed E-state index contributed by atoms with van der Waals surface area (Å²) in [5, 5.41) is 4.20. The molecule has 4 aromatic carbocycles. The zero-order valence-corrected chi connectivity index (χ0v) is 27.5. The number of carbonyl (C=O) groups is 3. The predicted molar refractivity (Wildman–Crippen MR) is 189 cm³/mol. The molecular weight excluding hydrogens is 629 g/mol. The summed E-state index contributed by atoms with van der Waals surface area (Å²) in [6.45, 7) is 4.05. The van der Waals surface area contributed by atoms with Crippen molar-refractivity contribution in [3.05, 3.63) is 125 Å². The quantitative estimate of drug-likeness (QED) is 0.157. The first kappa shape index (κ1) is 32.5. The van der Waals surface area contributed by atoms with Gasteiger partial charge in [-0.15, -0.1) is 6.58 Å². The van der Waals surface area contributed by atoms with Gasteiger partial charge < -0.3 is 16.0 Å². The van der Waals surface area contributed by atoms with Gasteiger partial charge in [0.25, 0.3) is 5.91 Å². The van der Waals surface area contributed by atoms with Gasteiger partial charge in [0.05, 0.1) is 24.1 Å². The minimum Gasteiger partial charge on any atom is -0.369 e. The van der Waals surface area contributed by atoms with Crippen molar-refractivity contribution in [2.24, 2.45) is 23.5 Å². The fourth-order valence-corrected chi connectivity index (χ4v) is 7.35. The van der Waals surface area contributed by atoms with Crippen LogP contribution >= 0.6 is 23.2 Å². The molecule has 8 heteroatoms. The van der Waals surface area contributed by atoms with Crippen molar-refractivity contribution in [2.45, 2.75) is 44.7 Å². The number of hydrogen-bond acceptors (Lipinski definition) is 3.